The van der Waals surface area contributed by atoms with Crippen molar-refractivity contribution in [3.8, 4) is 0 Å². The summed E-state index contributed by atoms with van der Waals surface area (Å²) in [7, 11) is 0. The van der Waals surface area contributed by atoms with Crippen LogP contribution in [0.15, 0.2) is 0 Å². The molecule has 0 aliphatic rings. The van der Waals surface area contributed by atoms with Crippen LogP contribution in [0.5, 0.6) is 0 Å². The SMILES string of the molecule is CC(=O)N[C@@H](CS)C(=O)[O-].CC(=O)N[C@@H](CS)C(=O)[O-].[Ca+2]. The van der Waals surface area contributed by atoms with Gasteiger partial charge in [-0.2, -0.15) is 25.3 Å². The molecule has 0 aromatic carbocycles. The summed E-state index contributed by atoms with van der Waals surface area (Å²) >= 11 is 7.39. The molecule has 0 saturated carbocycles. The molecule has 0 bridgehead atoms. The summed E-state index contributed by atoms with van der Waals surface area (Å²) in [5.41, 5.74) is 0. The van der Waals surface area contributed by atoms with E-state index in [1.165, 1.54) is 13.8 Å². The number of carboxylic acids is 2. The third-order valence-corrected chi connectivity index (χ3v) is 2.42. The summed E-state index contributed by atoms with van der Waals surface area (Å²) in [6.07, 6.45) is 0. The second-order valence-electron chi connectivity index (χ2n) is 3.51. The second kappa shape index (κ2) is 14.8. The minimum Gasteiger partial charge on any atom is -0.548 e. The van der Waals surface area contributed by atoms with Gasteiger partial charge in [-0.15, -0.1) is 0 Å². The Bertz CT molecular complexity index is 335. The topological polar surface area (TPSA) is 138 Å². The quantitative estimate of drug-likeness (QED) is 0.280. The number of thiol groups is 2. The molecule has 2 amide bonds. The van der Waals surface area contributed by atoms with E-state index in [4.69, 9.17) is 0 Å². The largest absolute Gasteiger partial charge is 2.00 e. The van der Waals surface area contributed by atoms with Crippen molar-refractivity contribution >= 4 is 86.7 Å². The number of hydrogen-bond donors (Lipinski definition) is 4. The van der Waals surface area contributed by atoms with E-state index in [9.17, 15) is 29.4 Å². The zero-order valence-corrected chi connectivity index (χ0v) is 15.6. The number of hydrogen-bond acceptors (Lipinski definition) is 8. The van der Waals surface area contributed by atoms with Crippen LogP contribution in [0.4, 0.5) is 0 Å². The number of carbonyl (C=O) groups excluding carboxylic acids is 4. The first-order valence-electron chi connectivity index (χ1n) is 5.33. The van der Waals surface area contributed by atoms with E-state index >= 15 is 0 Å². The first-order chi connectivity index (χ1) is 9.15. The molecule has 116 valence electrons. The van der Waals surface area contributed by atoms with Crippen molar-refractivity contribution < 1.29 is 29.4 Å². The molecule has 0 radical (unpaired) electrons. The summed E-state index contributed by atoms with van der Waals surface area (Å²) < 4.78 is 0. The van der Waals surface area contributed by atoms with Crippen LogP contribution >= 0.6 is 25.3 Å². The molecule has 2 atom stereocenters. The van der Waals surface area contributed by atoms with Crippen LogP contribution in [0, 0.1) is 0 Å². The maximum atomic E-state index is 10.3. The molecule has 2 N–H and O–H groups in total. The van der Waals surface area contributed by atoms with Crippen LogP contribution in [0.25, 0.3) is 0 Å². The molecule has 0 aromatic rings. The van der Waals surface area contributed by atoms with Gasteiger partial charge in [0.15, 0.2) is 0 Å². The Balaban J connectivity index is -0.000000295. The van der Waals surface area contributed by atoms with Crippen molar-refractivity contribution in [3.05, 3.63) is 0 Å². The van der Waals surface area contributed by atoms with E-state index in [1.54, 1.807) is 0 Å². The molecule has 0 aliphatic carbocycles. The van der Waals surface area contributed by atoms with Crippen LogP contribution in [0.3, 0.4) is 0 Å². The molecule has 0 unspecified atom stereocenters. The van der Waals surface area contributed by atoms with Crippen LogP contribution < -0.4 is 20.8 Å². The van der Waals surface area contributed by atoms with E-state index in [2.05, 4.69) is 35.9 Å². The zero-order valence-electron chi connectivity index (χ0n) is 11.6. The molecular weight excluding hydrogens is 348 g/mol. The fourth-order valence-corrected chi connectivity index (χ4v) is 1.33. The molecule has 0 fully saturated rings. The molecule has 0 spiro atoms. The van der Waals surface area contributed by atoms with Crippen LogP contribution in [0.2, 0.25) is 0 Å². The van der Waals surface area contributed by atoms with E-state index < -0.39 is 35.8 Å². The Hall–Kier alpha value is -0.160. The van der Waals surface area contributed by atoms with Crippen molar-refractivity contribution in [2.45, 2.75) is 25.9 Å². The molecule has 0 rings (SSSR count). The number of nitrogens with one attached hydrogen (secondary N) is 2. The molecule has 21 heavy (non-hydrogen) atoms. The minimum absolute atomic E-state index is 0. The van der Waals surface area contributed by atoms with Gasteiger partial charge in [-0.25, -0.2) is 0 Å². The van der Waals surface area contributed by atoms with Gasteiger partial charge in [0, 0.05) is 25.4 Å². The van der Waals surface area contributed by atoms with Crippen LogP contribution in [-0.4, -0.2) is 85.1 Å². The number of amides is 2. The fourth-order valence-electron chi connectivity index (χ4n) is 0.849. The van der Waals surface area contributed by atoms with E-state index in [0.717, 1.165) is 0 Å². The van der Waals surface area contributed by atoms with Gasteiger partial charge in [-0.05, 0) is 0 Å². The summed E-state index contributed by atoms with van der Waals surface area (Å²) in [6.45, 7) is 2.47. The second-order valence-corrected chi connectivity index (χ2v) is 4.24. The average Bonchev–Trinajstić information content (AvgIpc) is 2.32. The number of carboxylic acid groups (broad SMARTS) is 2. The Kier molecular flexibility index (Phi) is 18.1. The molecule has 0 aliphatic heterocycles. The van der Waals surface area contributed by atoms with Gasteiger partial charge in [0.05, 0.1) is 24.0 Å². The molecular formula is C10H16CaN2O6S2. The Morgan fingerprint density at radius 2 is 1.10 bits per heavy atom. The van der Waals surface area contributed by atoms with Crippen molar-refractivity contribution in [3.63, 3.8) is 0 Å². The number of aliphatic carboxylic acids is 2. The normalized spacial score (nSPS) is 11.6. The first-order valence-corrected chi connectivity index (χ1v) is 6.59. The Labute approximate surface area is 163 Å². The predicted molar refractivity (Wildman–Crippen MR) is 78.7 cm³/mol. The number of carbonyl (C=O) groups is 4. The molecule has 0 aromatic heterocycles. The van der Waals surface area contributed by atoms with Gasteiger partial charge in [-0.3, -0.25) is 9.59 Å². The van der Waals surface area contributed by atoms with Crippen LogP contribution in [-0.2, 0) is 19.2 Å². The first kappa shape index (κ1) is 25.8. The van der Waals surface area contributed by atoms with Gasteiger partial charge in [0.2, 0.25) is 11.8 Å². The van der Waals surface area contributed by atoms with E-state index in [-0.39, 0.29) is 49.2 Å². The third-order valence-electron chi connectivity index (χ3n) is 1.69. The maximum absolute atomic E-state index is 10.3. The van der Waals surface area contributed by atoms with Crippen molar-refractivity contribution in [1.82, 2.24) is 10.6 Å². The smallest absolute Gasteiger partial charge is 0.548 e. The predicted octanol–water partition coefficient (Wildman–Crippen LogP) is -4.04. The Morgan fingerprint density at radius 1 is 0.857 bits per heavy atom. The summed E-state index contributed by atoms with van der Waals surface area (Å²) in [6, 6.07) is -1.97. The van der Waals surface area contributed by atoms with E-state index in [0.29, 0.717) is 0 Å². The molecule has 0 heterocycles. The molecule has 11 heteroatoms. The minimum atomic E-state index is -1.31. The van der Waals surface area contributed by atoms with Gasteiger partial charge >= 0.3 is 37.7 Å². The Morgan fingerprint density at radius 3 is 1.14 bits per heavy atom. The zero-order chi connectivity index (χ0) is 16.3. The van der Waals surface area contributed by atoms with Gasteiger partial charge in [0.25, 0.3) is 0 Å². The average molecular weight is 364 g/mol. The maximum Gasteiger partial charge on any atom is 2.00 e. The number of rotatable bonds is 6. The molecule has 8 nitrogen and oxygen atoms in total. The third kappa shape index (κ3) is 16.0. The van der Waals surface area contributed by atoms with Gasteiger partial charge in [0.1, 0.15) is 0 Å². The summed E-state index contributed by atoms with van der Waals surface area (Å²) in [5.74, 6) is -3.34. The standard InChI is InChI=1S/2C5H9NO3S.Ca/c2*1-3(7)6-4(2-10)5(8)9;/h2*4,10H,2H2,1H3,(H,6,7)(H,8,9);/q;;+2/p-2/t2*4-;/m00./s1. The van der Waals surface area contributed by atoms with Crippen molar-refractivity contribution in [1.29, 1.82) is 0 Å². The fraction of sp³-hybridized carbons (Fsp3) is 0.600. The summed E-state index contributed by atoms with van der Waals surface area (Å²) in [5, 5.41) is 24.5. The van der Waals surface area contributed by atoms with E-state index in [1.807, 2.05) is 0 Å². The summed E-state index contributed by atoms with van der Waals surface area (Å²) in [4.78, 5) is 40.7. The van der Waals surface area contributed by atoms with Crippen molar-refractivity contribution in [2.75, 3.05) is 11.5 Å². The van der Waals surface area contributed by atoms with Crippen molar-refractivity contribution in [2.24, 2.45) is 0 Å². The van der Waals surface area contributed by atoms with Gasteiger partial charge < -0.3 is 30.4 Å². The monoisotopic (exact) mass is 364 g/mol. The van der Waals surface area contributed by atoms with Crippen LogP contribution in [0.1, 0.15) is 13.8 Å². The molecule has 0 saturated heterocycles. The van der Waals surface area contributed by atoms with Gasteiger partial charge in [-0.1, -0.05) is 0 Å².